The maximum absolute atomic E-state index is 11.9. The molecule has 1 aliphatic rings. The molecular formula is C20H26ClN5O8P2. The fourth-order valence-electron chi connectivity index (χ4n) is 4.05. The van der Waals surface area contributed by atoms with E-state index in [4.69, 9.17) is 30.6 Å². The van der Waals surface area contributed by atoms with Gasteiger partial charge in [0.25, 0.3) is 0 Å². The van der Waals surface area contributed by atoms with E-state index >= 15 is 0 Å². The Morgan fingerprint density at radius 3 is 2.58 bits per heavy atom. The zero-order valence-electron chi connectivity index (χ0n) is 19.4. The number of benzene rings is 1. The molecule has 3 aromatic rings. The summed E-state index contributed by atoms with van der Waals surface area (Å²) in [5, 5.41) is 15.6. The van der Waals surface area contributed by atoms with Crippen molar-refractivity contribution < 1.29 is 38.2 Å². The normalized spacial score (nSPS) is 22.1. The van der Waals surface area contributed by atoms with Crippen LogP contribution in [0, 0.1) is 6.92 Å². The van der Waals surface area contributed by atoms with Crippen molar-refractivity contribution in [1.29, 1.82) is 0 Å². The summed E-state index contributed by atoms with van der Waals surface area (Å²) in [5.74, 6) is -0.765. The van der Waals surface area contributed by atoms with Crippen molar-refractivity contribution in [2.24, 2.45) is 0 Å². The van der Waals surface area contributed by atoms with Crippen LogP contribution in [-0.4, -0.2) is 71.3 Å². The molecule has 36 heavy (non-hydrogen) atoms. The van der Waals surface area contributed by atoms with Crippen LogP contribution in [0.25, 0.3) is 11.0 Å². The first kappa shape index (κ1) is 27.1. The summed E-state index contributed by atoms with van der Waals surface area (Å²) in [7, 11) is -7.50. The van der Waals surface area contributed by atoms with Gasteiger partial charge in [0.2, 0.25) is 5.28 Å². The number of nitrogens with zero attached hydrogens (tertiary/aromatic N) is 5. The smallest absolute Gasteiger partial charge is 0.340 e. The molecule has 13 nitrogen and oxygen atoms in total. The molecule has 1 aromatic carbocycles. The first-order valence-corrected chi connectivity index (χ1v) is 14.8. The lowest BCUT2D eigenvalue weighted by atomic mass is 10.2. The van der Waals surface area contributed by atoms with E-state index in [0.29, 0.717) is 29.1 Å². The fourth-order valence-corrected chi connectivity index (χ4v) is 6.78. The van der Waals surface area contributed by atoms with Crippen LogP contribution in [0.4, 0.5) is 5.82 Å². The van der Waals surface area contributed by atoms with Gasteiger partial charge in [-0.25, -0.2) is 4.68 Å². The second kappa shape index (κ2) is 10.4. The molecule has 0 bridgehead atoms. The summed E-state index contributed by atoms with van der Waals surface area (Å²) < 4.78 is 35.1. The van der Waals surface area contributed by atoms with Crippen molar-refractivity contribution in [3.8, 4) is 0 Å². The number of aryl methyl sites for hydroxylation is 1. The van der Waals surface area contributed by atoms with Crippen LogP contribution in [0.15, 0.2) is 30.3 Å². The van der Waals surface area contributed by atoms with Gasteiger partial charge in [0, 0.05) is 20.0 Å². The molecule has 4 atom stereocenters. The molecule has 1 fully saturated rings. The van der Waals surface area contributed by atoms with Crippen LogP contribution in [0.3, 0.4) is 0 Å². The average Bonchev–Trinajstić information content (AvgIpc) is 3.30. The van der Waals surface area contributed by atoms with Crippen molar-refractivity contribution in [3.05, 3.63) is 46.9 Å². The van der Waals surface area contributed by atoms with Crippen LogP contribution < -0.4 is 4.90 Å². The van der Waals surface area contributed by atoms with Crippen molar-refractivity contribution >= 4 is 43.6 Å². The number of anilines is 1. The topological polar surface area (TPSA) is 180 Å². The van der Waals surface area contributed by atoms with Crippen molar-refractivity contribution in [2.75, 3.05) is 24.5 Å². The molecule has 3 heterocycles. The van der Waals surface area contributed by atoms with Crippen LogP contribution in [-0.2, 0) is 24.9 Å². The summed E-state index contributed by atoms with van der Waals surface area (Å²) in [5.41, 5.74) is 2.06. The van der Waals surface area contributed by atoms with Gasteiger partial charge in [0.05, 0.1) is 23.8 Å². The van der Waals surface area contributed by atoms with Gasteiger partial charge >= 0.3 is 15.2 Å². The van der Waals surface area contributed by atoms with E-state index in [9.17, 15) is 19.1 Å². The van der Waals surface area contributed by atoms with Gasteiger partial charge in [-0.15, -0.1) is 0 Å². The Labute approximate surface area is 211 Å². The number of aliphatic hydroxyl groups excluding tert-OH is 1. The molecule has 1 saturated heterocycles. The molecule has 4 rings (SSSR count). The molecule has 2 aromatic heterocycles. The van der Waals surface area contributed by atoms with Gasteiger partial charge in [-0.2, -0.15) is 15.1 Å². The van der Waals surface area contributed by atoms with Crippen molar-refractivity contribution in [3.63, 3.8) is 0 Å². The summed E-state index contributed by atoms with van der Waals surface area (Å²) >= 11 is 6.25. The van der Waals surface area contributed by atoms with Gasteiger partial charge in [0.15, 0.2) is 17.8 Å². The maximum Gasteiger partial charge on any atom is 0.340 e. The highest BCUT2D eigenvalue weighted by atomic mass is 35.5. The van der Waals surface area contributed by atoms with Crippen LogP contribution in [0.2, 0.25) is 5.28 Å². The van der Waals surface area contributed by atoms with E-state index < -0.39 is 46.1 Å². The Balaban J connectivity index is 1.56. The van der Waals surface area contributed by atoms with Gasteiger partial charge < -0.3 is 33.9 Å². The number of aliphatic hydroxyl groups is 1. The highest BCUT2D eigenvalue weighted by Gasteiger charge is 2.39. The minimum atomic E-state index is -4.77. The van der Waals surface area contributed by atoms with E-state index in [1.54, 1.807) is 6.92 Å². The number of aromatic nitrogens is 4. The second-order valence-corrected chi connectivity index (χ2v) is 12.9. The number of hydrogen-bond acceptors (Lipinski definition) is 9. The molecule has 4 N–H and O–H groups in total. The number of ether oxygens (including phenoxy) is 1. The molecule has 0 spiro atoms. The largest absolute Gasteiger partial charge is 0.390 e. The Morgan fingerprint density at radius 1 is 1.22 bits per heavy atom. The highest BCUT2D eigenvalue weighted by molar-refractivity contribution is 7.70. The molecule has 0 radical (unpaired) electrons. The van der Waals surface area contributed by atoms with Crippen LogP contribution in [0.1, 0.15) is 23.9 Å². The standard InChI is InChI=1S/C20H26ClN5O8P2/c1-12-17-18(25(2)9-13-6-4-3-5-7-13)22-20(21)23-19(17)26(24-12)16-8-14(27)15(34-16)10-33-36(31,32)11-35(28,29)30/h3-7,14-16,27H,8-11H2,1-2H3,(H,31,32)(H2,28,29,30)/t14-,15+,16+/m0/s1. The summed E-state index contributed by atoms with van der Waals surface area (Å²) in [6.45, 7) is 1.79. The van der Waals surface area contributed by atoms with Crippen molar-refractivity contribution in [1.82, 2.24) is 19.7 Å². The Kier molecular flexibility index (Phi) is 7.87. The molecule has 1 unspecified atom stereocenters. The predicted molar refractivity (Wildman–Crippen MR) is 131 cm³/mol. The molecule has 0 saturated carbocycles. The van der Waals surface area contributed by atoms with Crippen LogP contribution in [0.5, 0.6) is 0 Å². The minimum absolute atomic E-state index is 0.00403. The molecular weight excluding hydrogens is 536 g/mol. The van der Waals surface area contributed by atoms with Crippen LogP contribution >= 0.6 is 26.8 Å². The monoisotopic (exact) mass is 561 g/mol. The maximum atomic E-state index is 11.9. The fraction of sp³-hybridized carbons (Fsp3) is 0.450. The first-order chi connectivity index (χ1) is 16.8. The first-order valence-electron chi connectivity index (χ1n) is 10.8. The van der Waals surface area contributed by atoms with E-state index in [2.05, 4.69) is 15.1 Å². The Morgan fingerprint density at radius 2 is 1.92 bits per heavy atom. The summed E-state index contributed by atoms with van der Waals surface area (Å²) in [4.78, 5) is 38.2. The average molecular weight is 562 g/mol. The predicted octanol–water partition coefficient (Wildman–Crippen LogP) is 2.41. The molecule has 0 aliphatic carbocycles. The van der Waals surface area contributed by atoms with Crippen molar-refractivity contribution in [2.45, 2.75) is 38.3 Å². The lowest BCUT2D eigenvalue weighted by molar-refractivity contribution is -0.0435. The molecule has 0 amide bonds. The lowest BCUT2D eigenvalue weighted by Gasteiger charge is -2.20. The number of hydrogen-bond donors (Lipinski definition) is 4. The van der Waals surface area contributed by atoms with Gasteiger partial charge in [0.1, 0.15) is 11.9 Å². The molecule has 1 aliphatic heterocycles. The summed E-state index contributed by atoms with van der Waals surface area (Å²) in [6.07, 6.45) is -2.87. The Hall–Kier alpha value is -1.92. The van der Waals surface area contributed by atoms with E-state index in [0.717, 1.165) is 5.56 Å². The highest BCUT2D eigenvalue weighted by Crippen LogP contribution is 2.55. The van der Waals surface area contributed by atoms with E-state index in [-0.39, 0.29) is 11.7 Å². The van der Waals surface area contributed by atoms with Gasteiger partial charge in [-0.3, -0.25) is 9.13 Å². The second-order valence-electron chi connectivity index (χ2n) is 8.56. The third kappa shape index (κ3) is 6.31. The van der Waals surface area contributed by atoms with Gasteiger partial charge in [-0.05, 0) is 24.1 Å². The SMILES string of the molecule is Cc1nn([C@H]2C[C@H](O)[C@@H](COP(=O)(O)CP(=O)(O)O)O2)c2nc(Cl)nc(N(C)Cc3ccccc3)c12. The zero-order valence-corrected chi connectivity index (χ0v) is 21.9. The number of halogens is 1. The molecule has 196 valence electrons. The lowest BCUT2D eigenvalue weighted by Crippen LogP contribution is -2.26. The van der Waals surface area contributed by atoms with Gasteiger partial charge in [-0.1, -0.05) is 30.3 Å². The minimum Gasteiger partial charge on any atom is -0.390 e. The zero-order chi connectivity index (χ0) is 26.3. The molecule has 16 heteroatoms. The Bertz CT molecular complexity index is 1340. The third-order valence-corrected chi connectivity index (χ3v) is 9.21. The van der Waals surface area contributed by atoms with E-state index in [1.807, 2.05) is 42.3 Å². The number of fused-ring (bicyclic) bond motifs is 1. The summed E-state index contributed by atoms with van der Waals surface area (Å²) in [6, 6.07) is 9.81. The number of rotatable bonds is 9. The van der Waals surface area contributed by atoms with E-state index in [1.165, 1.54) is 4.68 Å². The third-order valence-electron chi connectivity index (χ3n) is 5.58. The quantitative estimate of drug-likeness (QED) is 0.221.